The minimum atomic E-state index is 0.702. The van der Waals surface area contributed by atoms with Crippen molar-refractivity contribution >= 4 is 0 Å². The van der Waals surface area contributed by atoms with Crippen LogP contribution in [-0.4, -0.2) is 0 Å². The second-order valence-electron chi connectivity index (χ2n) is 11.0. The first-order valence-electron chi connectivity index (χ1n) is 12.6. The lowest BCUT2D eigenvalue weighted by atomic mass is 9.51. The van der Waals surface area contributed by atoms with Gasteiger partial charge in [0.2, 0.25) is 0 Å². The van der Waals surface area contributed by atoms with E-state index in [4.69, 9.17) is 0 Å². The molecule has 0 saturated heterocycles. The van der Waals surface area contributed by atoms with Gasteiger partial charge in [0.05, 0.1) is 0 Å². The maximum absolute atomic E-state index is 2.72. The molecule has 0 aromatic carbocycles. The molecule has 3 rings (SSSR count). The standard InChI is InChI=1S/C26H48/c1-5-6-7-11-20(2)24-14-10-12-22-16-17-23-13-8-9-19-26(23,4)25(22)18-15-21(24)3/h20-25H,5-19H2,1-4H3. The summed E-state index contributed by atoms with van der Waals surface area (Å²) in [6.45, 7) is 10.3. The molecule has 0 N–H and O–H groups in total. The van der Waals surface area contributed by atoms with E-state index in [2.05, 4.69) is 27.7 Å². The number of rotatable bonds is 5. The number of hydrogen-bond acceptors (Lipinski definition) is 0. The molecule has 7 atom stereocenters. The van der Waals surface area contributed by atoms with Crippen molar-refractivity contribution in [3.8, 4) is 0 Å². The second kappa shape index (κ2) is 9.47. The van der Waals surface area contributed by atoms with Gasteiger partial charge in [-0.2, -0.15) is 0 Å². The summed E-state index contributed by atoms with van der Waals surface area (Å²) in [5, 5.41) is 0. The summed E-state index contributed by atoms with van der Waals surface area (Å²) in [5.41, 5.74) is 0.702. The number of fused-ring (bicyclic) bond motifs is 3. The fraction of sp³-hybridized carbons (Fsp3) is 1.00. The summed E-state index contributed by atoms with van der Waals surface area (Å²) in [6, 6.07) is 0. The summed E-state index contributed by atoms with van der Waals surface area (Å²) < 4.78 is 0. The Hall–Kier alpha value is 0. The van der Waals surface area contributed by atoms with Crippen molar-refractivity contribution in [2.75, 3.05) is 0 Å². The van der Waals surface area contributed by atoms with Gasteiger partial charge in [0.1, 0.15) is 0 Å². The quantitative estimate of drug-likeness (QED) is 0.430. The predicted molar refractivity (Wildman–Crippen MR) is 115 cm³/mol. The molecular formula is C26H48. The van der Waals surface area contributed by atoms with E-state index in [1.165, 1.54) is 57.8 Å². The van der Waals surface area contributed by atoms with E-state index in [1.54, 1.807) is 38.5 Å². The first kappa shape index (κ1) is 20.7. The molecule has 3 aliphatic carbocycles. The van der Waals surface area contributed by atoms with Gasteiger partial charge in [0.25, 0.3) is 0 Å². The zero-order chi connectivity index (χ0) is 18.6. The Bertz CT molecular complexity index is 412. The van der Waals surface area contributed by atoms with Crippen molar-refractivity contribution in [1.82, 2.24) is 0 Å². The van der Waals surface area contributed by atoms with Gasteiger partial charge in [0.15, 0.2) is 0 Å². The smallest absolute Gasteiger partial charge is 0.0267 e. The van der Waals surface area contributed by atoms with E-state index in [0.717, 1.165) is 35.5 Å². The van der Waals surface area contributed by atoms with Crippen molar-refractivity contribution in [1.29, 1.82) is 0 Å². The normalized spacial score (nSPS) is 42.7. The summed E-state index contributed by atoms with van der Waals surface area (Å²) in [4.78, 5) is 0. The molecule has 0 aromatic rings. The molecule has 0 heteroatoms. The highest BCUT2D eigenvalue weighted by Gasteiger charge is 2.48. The molecule has 0 spiro atoms. The Labute approximate surface area is 165 Å². The van der Waals surface area contributed by atoms with Gasteiger partial charge in [-0.15, -0.1) is 0 Å². The lowest BCUT2D eigenvalue weighted by Crippen LogP contribution is -2.45. The third-order valence-electron chi connectivity index (χ3n) is 9.52. The van der Waals surface area contributed by atoms with E-state index in [-0.39, 0.29) is 0 Å². The zero-order valence-electron chi connectivity index (χ0n) is 18.6. The van der Waals surface area contributed by atoms with Crippen LogP contribution in [0.1, 0.15) is 124 Å². The van der Waals surface area contributed by atoms with Gasteiger partial charge in [-0.3, -0.25) is 0 Å². The fourth-order valence-electron chi connectivity index (χ4n) is 7.79. The van der Waals surface area contributed by atoms with Crippen LogP contribution in [0.4, 0.5) is 0 Å². The molecule has 0 bridgehead atoms. The molecule has 26 heavy (non-hydrogen) atoms. The Morgan fingerprint density at radius 3 is 2.54 bits per heavy atom. The number of unbranched alkanes of at least 4 members (excludes halogenated alkanes) is 2. The van der Waals surface area contributed by atoms with Gasteiger partial charge in [0, 0.05) is 0 Å². The molecule has 0 nitrogen and oxygen atoms in total. The van der Waals surface area contributed by atoms with E-state index in [9.17, 15) is 0 Å². The average Bonchev–Trinajstić information content (AvgIpc) is 2.71. The summed E-state index contributed by atoms with van der Waals surface area (Å²) in [6.07, 6.45) is 22.7. The van der Waals surface area contributed by atoms with Crippen molar-refractivity contribution in [2.24, 2.45) is 40.9 Å². The van der Waals surface area contributed by atoms with E-state index >= 15 is 0 Å². The first-order valence-corrected chi connectivity index (χ1v) is 12.6. The van der Waals surface area contributed by atoms with Gasteiger partial charge in [-0.1, -0.05) is 85.5 Å². The van der Waals surface area contributed by atoms with Crippen LogP contribution in [0.2, 0.25) is 0 Å². The highest BCUT2D eigenvalue weighted by Crippen LogP contribution is 2.58. The summed E-state index contributed by atoms with van der Waals surface area (Å²) in [5.74, 6) is 6.10. The lowest BCUT2D eigenvalue weighted by Gasteiger charge is -2.54. The van der Waals surface area contributed by atoms with Crippen molar-refractivity contribution in [3.63, 3.8) is 0 Å². The molecule has 3 fully saturated rings. The maximum Gasteiger partial charge on any atom is -0.0267 e. The van der Waals surface area contributed by atoms with Crippen LogP contribution in [0.3, 0.4) is 0 Å². The van der Waals surface area contributed by atoms with Crippen LogP contribution in [0.15, 0.2) is 0 Å². The van der Waals surface area contributed by atoms with Gasteiger partial charge in [-0.05, 0) is 79.4 Å². The SMILES string of the molecule is CCCCCC(C)C1CCCC2CCC3CCCCC3(C)C2CCC1C. The van der Waals surface area contributed by atoms with Crippen molar-refractivity contribution < 1.29 is 0 Å². The number of hydrogen-bond donors (Lipinski definition) is 0. The molecule has 0 aliphatic heterocycles. The average molecular weight is 361 g/mol. The van der Waals surface area contributed by atoms with Crippen LogP contribution >= 0.6 is 0 Å². The third-order valence-corrected chi connectivity index (χ3v) is 9.52. The first-order chi connectivity index (χ1) is 12.6. The van der Waals surface area contributed by atoms with Gasteiger partial charge >= 0.3 is 0 Å². The van der Waals surface area contributed by atoms with Crippen LogP contribution in [0.25, 0.3) is 0 Å². The Balaban J connectivity index is 1.65. The molecule has 3 aliphatic rings. The molecule has 7 unspecified atom stereocenters. The molecular weight excluding hydrogens is 312 g/mol. The minimum absolute atomic E-state index is 0.702. The minimum Gasteiger partial charge on any atom is -0.0654 e. The van der Waals surface area contributed by atoms with E-state index in [1.807, 2.05) is 0 Å². The molecule has 0 radical (unpaired) electrons. The fourth-order valence-corrected chi connectivity index (χ4v) is 7.79. The van der Waals surface area contributed by atoms with Crippen molar-refractivity contribution in [2.45, 2.75) is 124 Å². The predicted octanol–water partition coefficient (Wildman–Crippen LogP) is 8.64. The molecule has 0 aromatic heterocycles. The van der Waals surface area contributed by atoms with E-state index < -0.39 is 0 Å². The van der Waals surface area contributed by atoms with Crippen LogP contribution < -0.4 is 0 Å². The van der Waals surface area contributed by atoms with Gasteiger partial charge in [-0.25, -0.2) is 0 Å². The Morgan fingerprint density at radius 1 is 0.885 bits per heavy atom. The monoisotopic (exact) mass is 360 g/mol. The summed E-state index contributed by atoms with van der Waals surface area (Å²) >= 11 is 0. The largest absolute Gasteiger partial charge is 0.0654 e. The topological polar surface area (TPSA) is 0 Å². The Morgan fingerprint density at radius 2 is 1.73 bits per heavy atom. The van der Waals surface area contributed by atoms with E-state index in [0.29, 0.717) is 5.41 Å². The summed E-state index contributed by atoms with van der Waals surface area (Å²) in [7, 11) is 0. The highest BCUT2D eigenvalue weighted by atomic mass is 14.5. The molecule has 0 amide bonds. The third kappa shape index (κ3) is 4.52. The molecule has 0 heterocycles. The molecule has 3 saturated carbocycles. The van der Waals surface area contributed by atoms with Crippen molar-refractivity contribution in [3.05, 3.63) is 0 Å². The van der Waals surface area contributed by atoms with Crippen LogP contribution in [-0.2, 0) is 0 Å². The maximum atomic E-state index is 2.72. The molecule has 152 valence electrons. The van der Waals surface area contributed by atoms with Crippen LogP contribution in [0, 0.1) is 40.9 Å². The highest BCUT2D eigenvalue weighted by molar-refractivity contribution is 4.98. The lowest BCUT2D eigenvalue weighted by molar-refractivity contribution is -0.0430. The van der Waals surface area contributed by atoms with Gasteiger partial charge < -0.3 is 0 Å². The zero-order valence-corrected chi connectivity index (χ0v) is 18.6. The van der Waals surface area contributed by atoms with Crippen LogP contribution in [0.5, 0.6) is 0 Å². The second-order valence-corrected chi connectivity index (χ2v) is 11.0. The Kier molecular flexibility index (Phi) is 7.55.